The number of nitrogens with one attached hydrogen (secondary N) is 1. The van der Waals surface area contributed by atoms with Crippen LogP contribution in [0, 0.1) is 17.5 Å². The number of hydrogen-bond acceptors (Lipinski definition) is 4. The fourth-order valence-electron chi connectivity index (χ4n) is 2.85. The van der Waals surface area contributed by atoms with E-state index in [1.165, 1.54) is 30.0 Å². The second-order valence-corrected chi connectivity index (χ2v) is 8.61. The Hall–Kier alpha value is -2.75. The third-order valence-electron chi connectivity index (χ3n) is 4.12. The summed E-state index contributed by atoms with van der Waals surface area (Å²) >= 11 is 0. The molecule has 10 heteroatoms. The molecule has 1 amide bonds. The Morgan fingerprint density at radius 2 is 1.82 bits per heavy atom. The van der Waals surface area contributed by atoms with Crippen LogP contribution in [-0.4, -0.2) is 26.5 Å². The molecule has 0 saturated carbocycles. The Balaban J connectivity index is 2.02. The molecule has 1 N–H and O–H groups in total. The highest BCUT2D eigenvalue weighted by Crippen LogP contribution is 2.39. The predicted molar refractivity (Wildman–Crippen MR) is 96.3 cm³/mol. The van der Waals surface area contributed by atoms with E-state index in [4.69, 9.17) is 4.74 Å². The van der Waals surface area contributed by atoms with Crippen LogP contribution in [0.25, 0.3) is 0 Å². The Morgan fingerprint density at radius 3 is 2.46 bits per heavy atom. The maximum absolute atomic E-state index is 13.8. The molecule has 150 valence electrons. The smallest absolute Gasteiger partial charge is 0.262 e. The van der Waals surface area contributed by atoms with E-state index in [0.29, 0.717) is 11.8 Å². The number of rotatable bonds is 3. The third kappa shape index (κ3) is 3.64. The zero-order valence-corrected chi connectivity index (χ0v) is 16.0. The molecule has 2 aromatic rings. The quantitative estimate of drug-likeness (QED) is 0.781. The largest absolute Gasteiger partial charge is 0.484 e. The number of benzene rings is 2. The van der Waals surface area contributed by atoms with Gasteiger partial charge in [0, 0.05) is 6.92 Å². The summed E-state index contributed by atoms with van der Waals surface area (Å²) in [7, 11) is -4.35. The fourth-order valence-corrected chi connectivity index (χ4v) is 3.93. The zero-order chi connectivity index (χ0) is 20.9. The number of carbonyl (C=O) groups excluding carboxylic acids is 1. The summed E-state index contributed by atoms with van der Waals surface area (Å²) in [6, 6.07) is 5.17. The summed E-state index contributed by atoms with van der Waals surface area (Å²) in [5, 5.41) is 0. The first kappa shape index (κ1) is 20.0. The zero-order valence-electron chi connectivity index (χ0n) is 15.2. The summed E-state index contributed by atoms with van der Waals surface area (Å²) in [6.45, 7) is 5.10. The monoisotopic (exact) mass is 414 g/mol. The van der Waals surface area contributed by atoms with E-state index >= 15 is 0 Å². The molecule has 28 heavy (non-hydrogen) atoms. The number of nitrogens with zero attached hydrogens (tertiary/aromatic N) is 1. The lowest BCUT2D eigenvalue weighted by Crippen LogP contribution is -2.48. The van der Waals surface area contributed by atoms with Gasteiger partial charge in [-0.15, -0.1) is 0 Å². The SMILES string of the molecule is CC(=O)N1CC(C)(C)Oc2ccc(S(=O)(=O)Nc3ccc(F)c(F)c3F)cc21. The van der Waals surface area contributed by atoms with E-state index in [9.17, 15) is 26.4 Å². The van der Waals surface area contributed by atoms with E-state index in [1.807, 2.05) is 4.72 Å². The molecule has 0 aliphatic carbocycles. The van der Waals surface area contributed by atoms with Gasteiger partial charge in [-0.25, -0.2) is 21.6 Å². The normalized spacial score (nSPS) is 15.6. The van der Waals surface area contributed by atoms with E-state index in [1.54, 1.807) is 13.8 Å². The lowest BCUT2D eigenvalue weighted by atomic mass is 10.1. The Labute approximate surface area is 160 Å². The minimum absolute atomic E-state index is 0.198. The van der Waals surface area contributed by atoms with E-state index in [2.05, 4.69) is 0 Å². The van der Waals surface area contributed by atoms with E-state index < -0.39 is 38.8 Å². The van der Waals surface area contributed by atoms with Crippen LogP contribution in [0.15, 0.2) is 35.2 Å². The first-order valence-electron chi connectivity index (χ1n) is 8.19. The molecular formula is C18H17F3N2O4S. The van der Waals surface area contributed by atoms with Crippen LogP contribution in [0.3, 0.4) is 0 Å². The maximum Gasteiger partial charge on any atom is 0.262 e. The average Bonchev–Trinajstić information content (AvgIpc) is 2.60. The first-order chi connectivity index (χ1) is 12.9. The van der Waals surface area contributed by atoms with Crippen molar-refractivity contribution in [3.63, 3.8) is 0 Å². The molecule has 0 fully saturated rings. The lowest BCUT2D eigenvalue weighted by molar-refractivity contribution is -0.117. The summed E-state index contributed by atoms with van der Waals surface area (Å²) in [5.41, 5.74) is -1.18. The van der Waals surface area contributed by atoms with Crippen LogP contribution in [0.5, 0.6) is 5.75 Å². The van der Waals surface area contributed by atoms with Gasteiger partial charge in [-0.2, -0.15) is 0 Å². The van der Waals surface area contributed by atoms with Gasteiger partial charge in [-0.3, -0.25) is 9.52 Å². The minimum Gasteiger partial charge on any atom is -0.484 e. The number of hydrogen-bond donors (Lipinski definition) is 1. The molecule has 0 saturated heterocycles. The van der Waals surface area contributed by atoms with Crippen LogP contribution in [0.2, 0.25) is 0 Å². The highest BCUT2D eigenvalue weighted by molar-refractivity contribution is 7.92. The van der Waals surface area contributed by atoms with Gasteiger partial charge in [0.25, 0.3) is 10.0 Å². The molecule has 6 nitrogen and oxygen atoms in total. The molecular weight excluding hydrogens is 397 g/mol. The molecule has 2 aromatic carbocycles. The third-order valence-corrected chi connectivity index (χ3v) is 5.48. The minimum atomic E-state index is -4.35. The summed E-state index contributed by atoms with van der Waals surface area (Å²) in [5.74, 6) is -4.89. The number of sulfonamides is 1. The van der Waals surface area contributed by atoms with Gasteiger partial charge in [0.15, 0.2) is 17.5 Å². The molecule has 0 bridgehead atoms. The van der Waals surface area contributed by atoms with Crippen molar-refractivity contribution >= 4 is 27.3 Å². The van der Waals surface area contributed by atoms with Crippen molar-refractivity contribution in [1.82, 2.24) is 0 Å². The second-order valence-electron chi connectivity index (χ2n) is 6.92. The fraction of sp³-hybridized carbons (Fsp3) is 0.278. The molecule has 0 spiro atoms. The van der Waals surface area contributed by atoms with Crippen molar-refractivity contribution in [2.24, 2.45) is 0 Å². The van der Waals surface area contributed by atoms with Gasteiger partial charge in [-0.1, -0.05) is 0 Å². The number of fused-ring (bicyclic) bond motifs is 1. The maximum atomic E-state index is 13.8. The molecule has 1 aliphatic rings. The van der Waals surface area contributed by atoms with E-state index in [0.717, 1.165) is 6.07 Å². The standard InChI is InChI=1S/C18H17F3N2O4S/c1-10(24)23-9-18(2,3)27-15-7-4-11(8-14(15)23)28(25,26)22-13-6-5-12(19)16(20)17(13)21/h4-8,22H,9H2,1-3H3. The molecule has 1 aliphatic heterocycles. The molecule has 0 radical (unpaired) electrons. The number of amides is 1. The van der Waals surface area contributed by atoms with Crippen molar-refractivity contribution in [3.8, 4) is 5.75 Å². The Morgan fingerprint density at radius 1 is 1.14 bits per heavy atom. The number of anilines is 2. The van der Waals surface area contributed by atoms with E-state index in [-0.39, 0.29) is 23.0 Å². The van der Waals surface area contributed by atoms with Gasteiger partial charge in [0.05, 0.1) is 22.8 Å². The topological polar surface area (TPSA) is 75.7 Å². The number of ether oxygens (including phenoxy) is 1. The van der Waals surface area contributed by atoms with Gasteiger partial charge in [-0.05, 0) is 44.2 Å². The summed E-state index contributed by atoms with van der Waals surface area (Å²) in [4.78, 5) is 13.1. The highest BCUT2D eigenvalue weighted by Gasteiger charge is 2.34. The summed E-state index contributed by atoms with van der Waals surface area (Å²) < 4.78 is 73.1. The molecule has 1 heterocycles. The van der Waals surface area contributed by atoms with Crippen LogP contribution in [0.4, 0.5) is 24.5 Å². The summed E-state index contributed by atoms with van der Waals surface area (Å²) in [6.07, 6.45) is 0. The highest BCUT2D eigenvalue weighted by atomic mass is 32.2. The van der Waals surface area contributed by atoms with Crippen LogP contribution in [-0.2, 0) is 14.8 Å². The van der Waals surface area contributed by atoms with Gasteiger partial charge >= 0.3 is 0 Å². The molecule has 0 aromatic heterocycles. The van der Waals surface area contributed by atoms with Crippen LogP contribution >= 0.6 is 0 Å². The van der Waals surface area contributed by atoms with Crippen molar-refractivity contribution in [2.45, 2.75) is 31.3 Å². The van der Waals surface area contributed by atoms with Crippen molar-refractivity contribution < 1.29 is 31.1 Å². The number of carbonyl (C=O) groups is 1. The molecule has 3 rings (SSSR count). The van der Waals surface area contributed by atoms with Crippen molar-refractivity contribution in [1.29, 1.82) is 0 Å². The van der Waals surface area contributed by atoms with Gasteiger partial charge in [0.1, 0.15) is 11.4 Å². The van der Waals surface area contributed by atoms with Crippen molar-refractivity contribution in [3.05, 3.63) is 47.8 Å². The first-order valence-corrected chi connectivity index (χ1v) is 9.67. The van der Waals surface area contributed by atoms with Gasteiger partial charge in [0.2, 0.25) is 5.91 Å². The predicted octanol–water partition coefficient (Wildman–Crippen LogP) is 3.43. The Kier molecular flexibility index (Phi) is 4.78. The van der Waals surface area contributed by atoms with Gasteiger partial charge < -0.3 is 9.64 Å². The van der Waals surface area contributed by atoms with Crippen LogP contribution < -0.4 is 14.4 Å². The van der Waals surface area contributed by atoms with Crippen molar-refractivity contribution in [2.75, 3.05) is 16.2 Å². The Bertz CT molecular complexity index is 1070. The molecule has 0 unspecified atom stereocenters. The van der Waals surface area contributed by atoms with Crippen LogP contribution in [0.1, 0.15) is 20.8 Å². The average molecular weight is 414 g/mol. The number of halogens is 3. The lowest BCUT2D eigenvalue weighted by Gasteiger charge is -2.39. The second kappa shape index (κ2) is 6.69. The molecule has 0 atom stereocenters.